The fraction of sp³-hybridized carbons (Fsp3) is 0.531. The highest BCUT2D eigenvalue weighted by Gasteiger charge is 2.52. The van der Waals surface area contributed by atoms with Crippen LogP contribution in [-0.2, 0) is 36.6 Å². The van der Waals surface area contributed by atoms with Gasteiger partial charge in [0.15, 0.2) is 9.04 Å². The largest absolute Gasteiger partial charge is 0.460 e. The molecular weight excluding hydrogens is 677 g/mol. The Labute approximate surface area is 291 Å². The van der Waals surface area contributed by atoms with Crippen LogP contribution < -0.4 is 5.32 Å². The number of rotatable bonds is 15. The lowest BCUT2D eigenvalue weighted by Crippen LogP contribution is -2.53. The van der Waals surface area contributed by atoms with Gasteiger partial charge in [-0.05, 0) is 59.8 Å². The van der Waals surface area contributed by atoms with Crippen molar-refractivity contribution in [2.75, 3.05) is 24.6 Å². The number of hydrogen-bond donors (Lipinski definition) is 1. The van der Waals surface area contributed by atoms with Crippen LogP contribution in [0.1, 0.15) is 45.2 Å². The predicted octanol–water partition coefficient (Wildman–Crippen LogP) is 5.80. The Morgan fingerprint density at radius 2 is 1.51 bits per heavy atom. The van der Waals surface area contributed by atoms with Gasteiger partial charge < -0.3 is 24.0 Å². The lowest BCUT2D eigenvalue weighted by atomic mass is 9.79. The van der Waals surface area contributed by atoms with Crippen molar-refractivity contribution in [1.29, 1.82) is 0 Å². The Balaban J connectivity index is 1.67. The monoisotopic (exact) mass is 720 g/mol. The molecule has 0 radical (unpaired) electrons. The highest BCUT2D eigenvalue weighted by atomic mass is 32.2. The molecule has 2 aromatic carbocycles. The van der Waals surface area contributed by atoms with E-state index in [1.54, 1.807) is 17.0 Å². The van der Waals surface area contributed by atoms with Crippen molar-refractivity contribution < 1.29 is 42.9 Å². The maximum absolute atomic E-state index is 13.7. The number of nitro benzene ring substituents is 2. The Bertz CT molecular complexity index is 1470. The van der Waals surface area contributed by atoms with E-state index in [1.165, 1.54) is 55.1 Å². The first-order chi connectivity index (χ1) is 23.0. The van der Waals surface area contributed by atoms with E-state index in [2.05, 4.69) is 26.1 Å². The number of nitrogens with zero attached hydrogens (tertiary/aromatic N) is 3. The van der Waals surface area contributed by atoms with Crippen LogP contribution in [0.15, 0.2) is 48.5 Å². The fourth-order valence-electron chi connectivity index (χ4n) is 5.26. The van der Waals surface area contributed by atoms with Crippen LogP contribution in [0.25, 0.3) is 0 Å². The van der Waals surface area contributed by atoms with Crippen LogP contribution in [0.5, 0.6) is 0 Å². The van der Waals surface area contributed by atoms with Crippen molar-refractivity contribution in [2.24, 2.45) is 11.3 Å². The van der Waals surface area contributed by atoms with Gasteiger partial charge in [0.2, 0.25) is 0 Å². The number of nitro groups is 2. The zero-order chi connectivity index (χ0) is 36.4. The second-order valence-corrected chi connectivity index (χ2v) is 16.5. The van der Waals surface area contributed by atoms with Crippen molar-refractivity contribution in [1.82, 2.24) is 10.2 Å². The second kappa shape index (κ2) is 17.4. The Kier molecular flexibility index (Phi) is 14.0. The molecule has 268 valence electrons. The van der Waals surface area contributed by atoms with Crippen LogP contribution in [0, 0.1) is 31.6 Å². The molecule has 17 heteroatoms. The van der Waals surface area contributed by atoms with E-state index < -0.39 is 48.9 Å². The van der Waals surface area contributed by atoms with E-state index in [1.807, 2.05) is 13.1 Å². The van der Waals surface area contributed by atoms with Gasteiger partial charge in [-0.1, -0.05) is 20.8 Å². The molecule has 1 unspecified atom stereocenters. The van der Waals surface area contributed by atoms with Gasteiger partial charge >= 0.3 is 18.2 Å². The van der Waals surface area contributed by atoms with E-state index >= 15 is 0 Å². The molecule has 3 atom stereocenters. The van der Waals surface area contributed by atoms with Gasteiger partial charge in [-0.3, -0.25) is 29.9 Å². The van der Waals surface area contributed by atoms with Crippen LogP contribution >= 0.6 is 11.8 Å². The summed E-state index contributed by atoms with van der Waals surface area (Å²) in [4.78, 5) is 60.4. The van der Waals surface area contributed by atoms with Crippen LogP contribution in [0.2, 0.25) is 13.1 Å². The van der Waals surface area contributed by atoms with E-state index in [0.717, 1.165) is 0 Å². The minimum Gasteiger partial charge on any atom is -0.460 e. The lowest BCUT2D eigenvalue weighted by Gasteiger charge is -2.39. The van der Waals surface area contributed by atoms with E-state index in [9.17, 15) is 34.6 Å². The topological polar surface area (TPSA) is 190 Å². The number of nitrogens with one attached hydrogen (secondary N) is 1. The van der Waals surface area contributed by atoms with Crippen LogP contribution in [0.4, 0.5) is 21.0 Å². The predicted molar refractivity (Wildman–Crippen MR) is 184 cm³/mol. The average Bonchev–Trinajstić information content (AvgIpc) is 3.40. The van der Waals surface area contributed by atoms with Crippen molar-refractivity contribution in [3.63, 3.8) is 0 Å². The number of thioether (sulfide) groups is 1. The number of carbonyl (C=O) groups is 3. The van der Waals surface area contributed by atoms with Gasteiger partial charge in [0.1, 0.15) is 25.0 Å². The van der Waals surface area contributed by atoms with Crippen molar-refractivity contribution in [3.05, 3.63) is 79.9 Å². The summed E-state index contributed by atoms with van der Waals surface area (Å²) in [5.74, 6) is 0.181. The van der Waals surface area contributed by atoms with E-state index in [0.29, 0.717) is 29.8 Å². The molecule has 0 aromatic heterocycles. The molecule has 0 spiro atoms. The summed E-state index contributed by atoms with van der Waals surface area (Å²) >= 11 is 1.42. The minimum atomic E-state index is -1.73. The van der Waals surface area contributed by atoms with Crippen LogP contribution in [-0.4, -0.2) is 78.4 Å². The molecule has 1 fully saturated rings. The molecule has 1 N–H and O–H groups in total. The molecule has 1 saturated heterocycles. The molecule has 49 heavy (non-hydrogen) atoms. The summed E-state index contributed by atoms with van der Waals surface area (Å²) in [7, 11) is -1.73. The number of esters is 1. The van der Waals surface area contributed by atoms with E-state index in [-0.39, 0.29) is 48.2 Å². The summed E-state index contributed by atoms with van der Waals surface area (Å²) < 4.78 is 23.0. The van der Waals surface area contributed by atoms with Crippen molar-refractivity contribution in [2.45, 2.75) is 72.3 Å². The van der Waals surface area contributed by atoms with Gasteiger partial charge in [-0.2, -0.15) is 11.8 Å². The second-order valence-electron chi connectivity index (χ2n) is 13.1. The summed E-state index contributed by atoms with van der Waals surface area (Å²) in [5, 5.41) is 24.5. The third-order valence-corrected chi connectivity index (χ3v) is 10.00. The average molecular weight is 721 g/mol. The number of non-ortho nitro benzene ring substituents is 2. The minimum absolute atomic E-state index is 0.0376. The third-order valence-electron chi connectivity index (χ3n) is 7.83. The van der Waals surface area contributed by atoms with Crippen molar-refractivity contribution in [3.8, 4) is 0 Å². The first kappa shape index (κ1) is 39.2. The maximum Gasteiger partial charge on any atom is 0.412 e. The van der Waals surface area contributed by atoms with Gasteiger partial charge in [0.25, 0.3) is 11.4 Å². The van der Waals surface area contributed by atoms with Gasteiger partial charge in [-0.15, -0.1) is 0 Å². The normalized spacial score (nSPS) is 18.1. The summed E-state index contributed by atoms with van der Waals surface area (Å²) in [6.07, 6.45) is -1.47. The molecule has 15 nitrogen and oxygen atoms in total. The molecule has 0 bridgehead atoms. The SMILES string of the molecule is CC(=O)OC(CNC(=O)OCc1ccc([N+](=O)[O-])cc1)CSC[C@@]1(O[SiH](C)C)C[C@H](C(C)(C)C)CN1C(=O)OCc1ccc([N+](=O)[O-])cc1. The highest BCUT2D eigenvalue weighted by Crippen LogP contribution is 2.45. The number of alkyl carbamates (subject to hydrolysis) is 1. The third kappa shape index (κ3) is 12.0. The van der Waals surface area contributed by atoms with Crippen molar-refractivity contribution >= 4 is 50.3 Å². The standard InChI is InChI=1S/C32H44N4O11SSi/c1-22(37)46-28(16-33-29(38)44-18-23-7-11-26(12-8-23)35(40)41)20-48-21-32(47-49(5)6)15-25(31(2,3)4)17-34(32)30(39)45-19-24-9-13-27(14-10-24)36(42)43/h7-14,25,28,49H,15-21H2,1-6H3,(H,33,38)/t25-,28?,32-/m0/s1. The number of amides is 2. The molecule has 1 aliphatic heterocycles. The zero-order valence-corrected chi connectivity index (χ0v) is 30.5. The maximum atomic E-state index is 13.7. The molecule has 3 rings (SSSR count). The molecule has 1 heterocycles. The molecule has 1 aliphatic rings. The Hall–Kier alpha value is -4.22. The summed E-state index contributed by atoms with van der Waals surface area (Å²) in [6, 6.07) is 11.4. The summed E-state index contributed by atoms with van der Waals surface area (Å²) in [6.45, 7) is 11.8. The number of likely N-dealkylation sites (tertiary alicyclic amines) is 1. The number of benzene rings is 2. The summed E-state index contributed by atoms with van der Waals surface area (Å²) in [5.41, 5.74) is -0.111. The zero-order valence-electron chi connectivity index (χ0n) is 28.5. The fourth-order valence-corrected chi connectivity index (χ4v) is 7.79. The quantitative estimate of drug-likeness (QED) is 0.0767. The number of hydrogen-bond acceptors (Lipinski definition) is 12. The first-order valence-corrected chi connectivity index (χ1v) is 19.7. The molecule has 2 aromatic rings. The first-order valence-electron chi connectivity index (χ1n) is 15.7. The van der Waals surface area contributed by atoms with E-state index in [4.69, 9.17) is 18.6 Å². The Morgan fingerprint density at radius 1 is 0.980 bits per heavy atom. The molecular formula is C32H44N4O11SSi. The highest BCUT2D eigenvalue weighted by molar-refractivity contribution is 7.99. The Morgan fingerprint density at radius 3 is 1.98 bits per heavy atom. The lowest BCUT2D eigenvalue weighted by molar-refractivity contribution is -0.385. The van der Waals surface area contributed by atoms with Gasteiger partial charge in [0.05, 0.1) is 16.4 Å². The smallest absolute Gasteiger partial charge is 0.412 e. The molecule has 2 amide bonds. The van der Waals surface area contributed by atoms with Crippen LogP contribution in [0.3, 0.4) is 0 Å². The molecule has 0 saturated carbocycles. The number of ether oxygens (including phenoxy) is 3. The molecule has 0 aliphatic carbocycles. The van der Waals surface area contributed by atoms with Gasteiger partial charge in [0, 0.05) is 55.7 Å². The number of carbonyl (C=O) groups excluding carboxylic acids is 3. The van der Waals surface area contributed by atoms with Gasteiger partial charge in [-0.25, -0.2) is 9.59 Å².